The molecule has 0 unspecified atom stereocenters. The van der Waals surface area contributed by atoms with Crippen molar-refractivity contribution < 1.29 is 75.7 Å². The first-order valence-electron chi connectivity index (χ1n) is 21.8. The number of alkyl carbamates (subject to hydrolysis) is 1. The van der Waals surface area contributed by atoms with E-state index in [1.54, 1.807) is 60.6 Å². The molecule has 2 aromatic carbocycles. The van der Waals surface area contributed by atoms with Crippen molar-refractivity contribution >= 4 is 51.1 Å². The van der Waals surface area contributed by atoms with Gasteiger partial charge in [-0.25, -0.2) is 18.4 Å². The van der Waals surface area contributed by atoms with Crippen LogP contribution < -0.4 is 29.6 Å². The number of nitrogens with one attached hydrogen (secondary N) is 2. The smallest absolute Gasteiger partial charge is 0.407 e. The molecule has 3 aromatic rings. The van der Waals surface area contributed by atoms with Crippen LogP contribution in [0.15, 0.2) is 18.2 Å². The summed E-state index contributed by atoms with van der Waals surface area (Å²) in [7, 11) is 2.73. The van der Waals surface area contributed by atoms with Crippen LogP contribution in [-0.2, 0) is 51.5 Å². The Hall–Kier alpha value is -5.31. The van der Waals surface area contributed by atoms with Crippen LogP contribution in [0.2, 0.25) is 0 Å². The third-order valence-corrected chi connectivity index (χ3v) is 10.6. The molecule has 0 saturated heterocycles. The molecular weight excluding hydrogens is 889 g/mol. The van der Waals surface area contributed by atoms with E-state index in [0.717, 1.165) is 11.3 Å². The summed E-state index contributed by atoms with van der Waals surface area (Å²) < 4.78 is 70.6. The van der Waals surface area contributed by atoms with E-state index in [4.69, 9.17) is 42.9 Å². The summed E-state index contributed by atoms with van der Waals surface area (Å²) in [6.45, 7) is 14.4. The third-order valence-electron chi connectivity index (χ3n) is 9.43. The lowest BCUT2D eigenvalue weighted by Gasteiger charge is -2.19. The number of carbonyl (C=O) groups excluding carboxylic acids is 5. The van der Waals surface area contributed by atoms with Gasteiger partial charge in [0.25, 0.3) is 0 Å². The fourth-order valence-electron chi connectivity index (χ4n) is 6.34. The Bertz CT molecular complexity index is 2150. The van der Waals surface area contributed by atoms with E-state index < -0.39 is 47.0 Å². The van der Waals surface area contributed by atoms with Gasteiger partial charge in [-0.1, -0.05) is 0 Å². The highest BCUT2D eigenvalue weighted by atomic mass is 32.1. The first kappa shape index (κ1) is 53.3. The monoisotopic (exact) mass is 951 g/mol. The molecule has 20 heteroatoms. The van der Waals surface area contributed by atoms with Crippen molar-refractivity contribution in [1.29, 1.82) is 0 Å². The molecule has 0 radical (unpaired) electrons. The zero-order chi connectivity index (χ0) is 48.6. The summed E-state index contributed by atoms with van der Waals surface area (Å²) in [4.78, 5) is 73.6. The number of halogens is 2. The Balaban J connectivity index is 1.19. The van der Waals surface area contributed by atoms with Crippen LogP contribution in [0.3, 0.4) is 0 Å². The van der Waals surface area contributed by atoms with Gasteiger partial charge < -0.3 is 48.7 Å². The van der Waals surface area contributed by atoms with Gasteiger partial charge in [-0.2, -0.15) is 4.89 Å². The summed E-state index contributed by atoms with van der Waals surface area (Å²) >= 11 is 1.06. The van der Waals surface area contributed by atoms with Crippen molar-refractivity contribution in [3.05, 3.63) is 45.8 Å². The minimum absolute atomic E-state index is 0.0290. The number of nitrogens with zero attached hydrogens (tertiary/aromatic N) is 1. The molecule has 2 heterocycles. The molecule has 2 N–H and O–H groups in total. The second-order valence-corrected chi connectivity index (χ2v) is 18.5. The number of hydrogen-bond acceptors (Lipinski definition) is 16. The number of rotatable bonds is 26. The van der Waals surface area contributed by atoms with Gasteiger partial charge in [0, 0.05) is 73.8 Å². The van der Waals surface area contributed by atoms with Gasteiger partial charge in [-0.05, 0) is 79.1 Å². The average Bonchev–Trinajstić information content (AvgIpc) is 3.89. The van der Waals surface area contributed by atoms with Gasteiger partial charge in [0.2, 0.25) is 5.91 Å². The molecule has 66 heavy (non-hydrogen) atoms. The number of fused-ring (bicyclic) bond motifs is 2. The number of benzene rings is 2. The van der Waals surface area contributed by atoms with Gasteiger partial charge in [-0.3, -0.25) is 19.3 Å². The minimum atomic E-state index is -0.733. The molecule has 17 nitrogen and oxygen atoms in total. The third kappa shape index (κ3) is 16.8. The first-order valence-corrected chi connectivity index (χ1v) is 22.6. The van der Waals surface area contributed by atoms with Gasteiger partial charge in [-0.15, -0.1) is 11.3 Å². The number of thiophene rings is 1. The van der Waals surface area contributed by atoms with Gasteiger partial charge in [0.05, 0.1) is 51.8 Å². The lowest BCUT2D eigenvalue weighted by atomic mass is 10.1. The Labute approximate surface area is 387 Å². The Kier molecular flexibility index (Phi) is 20.2. The van der Waals surface area contributed by atoms with E-state index in [-0.39, 0.29) is 109 Å². The molecule has 0 bridgehead atoms. The van der Waals surface area contributed by atoms with Crippen LogP contribution in [0, 0.1) is 11.6 Å². The molecule has 366 valence electrons. The Morgan fingerprint density at radius 1 is 0.773 bits per heavy atom. The number of carbonyl (C=O) groups is 5. The van der Waals surface area contributed by atoms with Gasteiger partial charge in [0.15, 0.2) is 40.4 Å². The minimum Gasteiger partial charge on any atom is -0.493 e. The van der Waals surface area contributed by atoms with E-state index >= 15 is 8.78 Å². The van der Waals surface area contributed by atoms with Gasteiger partial charge >= 0.3 is 18.0 Å². The maximum Gasteiger partial charge on any atom is 0.407 e. The fourth-order valence-corrected chi connectivity index (χ4v) is 7.40. The molecule has 0 saturated carbocycles. The van der Waals surface area contributed by atoms with E-state index in [9.17, 15) is 24.0 Å². The molecule has 1 aliphatic heterocycles. The predicted molar refractivity (Wildman–Crippen MR) is 239 cm³/mol. The van der Waals surface area contributed by atoms with Crippen LogP contribution >= 0.6 is 11.3 Å². The predicted octanol–water partition coefficient (Wildman–Crippen LogP) is 7.36. The molecule has 1 atom stereocenters. The van der Waals surface area contributed by atoms with Crippen LogP contribution in [0.5, 0.6) is 23.0 Å². The molecule has 4 rings (SSSR count). The molecule has 0 fully saturated rings. The summed E-state index contributed by atoms with van der Waals surface area (Å²) in [6.07, 6.45) is -0.679. The highest BCUT2D eigenvalue weighted by Crippen LogP contribution is 2.41. The van der Waals surface area contributed by atoms with Crippen molar-refractivity contribution in [3.63, 3.8) is 0 Å². The molecule has 0 spiro atoms. The van der Waals surface area contributed by atoms with E-state index in [1.165, 1.54) is 25.2 Å². The van der Waals surface area contributed by atoms with E-state index in [1.807, 2.05) is 0 Å². The van der Waals surface area contributed by atoms with E-state index in [2.05, 4.69) is 10.6 Å². The Morgan fingerprint density at radius 3 is 2.11 bits per heavy atom. The highest BCUT2D eigenvalue weighted by molar-refractivity contribution is 7.20. The van der Waals surface area contributed by atoms with Crippen LogP contribution in [0.1, 0.15) is 108 Å². The highest BCUT2D eigenvalue weighted by Gasteiger charge is 2.31. The largest absolute Gasteiger partial charge is 0.493 e. The number of Topliss-reactive ketones (excluding diaryl/α,β-unsaturated/α-hetero) is 1. The molecule has 0 aliphatic carbocycles. The quantitative estimate of drug-likeness (QED) is 0.0266. The summed E-state index contributed by atoms with van der Waals surface area (Å²) in [6, 6.07) is 4.59. The number of esters is 1. The molecule has 1 aliphatic rings. The maximum absolute atomic E-state index is 15.9. The molecular formula is C46H63F2N3O14S. The van der Waals surface area contributed by atoms with Crippen LogP contribution in [0.25, 0.3) is 10.1 Å². The average molecular weight is 952 g/mol. The van der Waals surface area contributed by atoms with Crippen LogP contribution in [-0.4, -0.2) is 112 Å². The topological polar surface area (TPSA) is 196 Å². The van der Waals surface area contributed by atoms with Crippen molar-refractivity contribution in [2.45, 2.75) is 117 Å². The second-order valence-electron chi connectivity index (χ2n) is 17.4. The van der Waals surface area contributed by atoms with Crippen molar-refractivity contribution in [1.82, 2.24) is 15.5 Å². The fraction of sp³-hybridized carbons (Fsp3) is 0.587. The van der Waals surface area contributed by atoms with Crippen molar-refractivity contribution in [3.8, 4) is 23.0 Å². The summed E-state index contributed by atoms with van der Waals surface area (Å²) in [5.41, 5.74) is -0.459. The number of hydrogen-bond donors (Lipinski definition) is 2. The van der Waals surface area contributed by atoms with Crippen LogP contribution in [0.4, 0.5) is 13.6 Å². The molecule has 1 aromatic heterocycles. The lowest BCUT2D eigenvalue weighted by molar-refractivity contribution is -0.320. The normalized spacial score (nSPS) is 12.9. The summed E-state index contributed by atoms with van der Waals surface area (Å²) in [5, 5.41) is 5.96. The maximum atomic E-state index is 15.9. The Morgan fingerprint density at radius 2 is 1.44 bits per heavy atom. The zero-order valence-electron chi connectivity index (χ0n) is 39.2. The van der Waals surface area contributed by atoms with Gasteiger partial charge in [0.1, 0.15) is 17.3 Å². The van der Waals surface area contributed by atoms with E-state index in [0.29, 0.717) is 49.5 Å². The second kappa shape index (κ2) is 25.0. The number of amides is 2. The lowest BCUT2D eigenvalue weighted by Crippen LogP contribution is -2.34. The molecule has 2 amide bonds. The summed E-state index contributed by atoms with van der Waals surface area (Å²) in [5.74, 6) is -3.45. The number of ketones is 1. The first-order chi connectivity index (χ1) is 31.2. The van der Waals surface area contributed by atoms with Crippen molar-refractivity contribution in [2.75, 3.05) is 60.3 Å². The SMILES string of the molecule is COc1cc2c(c(F)c1OCCCOc1c(OC)cc3sc(C(=O)CCC(=O)O[C@@H](C)CNCCCOCCNC(=O)OC(C)(C)C)cc3c1F)CN(C(=O)CCC(=O)OOC(C)(C)C)C2. The van der Waals surface area contributed by atoms with Crippen molar-refractivity contribution in [2.24, 2.45) is 0 Å². The number of methoxy groups -OCH3 is 2. The zero-order valence-corrected chi connectivity index (χ0v) is 40.1. The standard InChI is InChI=1S/C46H63F2N3O14S/c1-28(25-49-16-10-18-59-21-17-50-44(56)63-45(2,3)4)62-38(54)14-12-32(52)36-23-30-35(66-36)24-34(58-9)43(40(30)47)61-20-11-19-60-42-33(57-8)22-29-26-51(27-31(29)41(42)48)37(53)13-15-39(55)64-65-46(5,6)7/h22-24,28,49H,10-21,25-27H2,1-9H3,(H,50,56)/t28-/m0/s1. The number of ether oxygens (including phenoxy) is 7.